The Balaban J connectivity index is 1.22. The molecular formula is C50H32N4. The quantitative estimate of drug-likeness (QED) is 0.180. The van der Waals surface area contributed by atoms with Crippen LogP contribution in [0.2, 0.25) is 0 Å². The van der Waals surface area contributed by atoms with E-state index in [0.717, 1.165) is 50.3 Å². The molecular weight excluding hydrogens is 657 g/mol. The normalized spacial score (nSPS) is 11.7. The number of rotatable bonds is 5. The smallest absolute Gasteiger partial charge is 0.162 e. The van der Waals surface area contributed by atoms with Gasteiger partial charge in [-0.15, -0.1) is 0 Å². The van der Waals surface area contributed by atoms with Gasteiger partial charge in [0, 0.05) is 43.6 Å². The molecule has 0 spiro atoms. The molecule has 11 rings (SSSR count). The van der Waals surface area contributed by atoms with Crippen LogP contribution in [0.4, 0.5) is 0 Å². The fourth-order valence-electron chi connectivity index (χ4n) is 8.29. The maximum absolute atomic E-state index is 5.26. The molecule has 3 aromatic heterocycles. The molecule has 0 radical (unpaired) electrons. The SMILES string of the molecule is c1ccc(-c2cc(-c3ccccc3)nc(-c3ccccc3-n3c4ccccc4c4cc5c6ccccc6n(-c6cccc7ccccc67)c5cc43)n2)cc1. The molecule has 0 bridgehead atoms. The predicted molar refractivity (Wildman–Crippen MR) is 225 cm³/mol. The highest BCUT2D eigenvalue weighted by atomic mass is 15.0. The molecule has 252 valence electrons. The maximum Gasteiger partial charge on any atom is 0.162 e. The van der Waals surface area contributed by atoms with Crippen molar-refractivity contribution in [2.24, 2.45) is 0 Å². The Hall–Kier alpha value is -7.30. The van der Waals surface area contributed by atoms with Gasteiger partial charge in [-0.2, -0.15) is 0 Å². The number of nitrogens with zero attached hydrogens (tertiary/aromatic N) is 4. The Morgan fingerprint density at radius 2 is 0.796 bits per heavy atom. The van der Waals surface area contributed by atoms with Crippen LogP contribution in [0, 0.1) is 0 Å². The molecule has 0 unspecified atom stereocenters. The molecule has 0 atom stereocenters. The second-order valence-electron chi connectivity index (χ2n) is 13.8. The summed E-state index contributed by atoms with van der Waals surface area (Å²) in [6, 6.07) is 69.0. The average molecular weight is 689 g/mol. The number of para-hydroxylation sites is 3. The van der Waals surface area contributed by atoms with Crippen molar-refractivity contribution >= 4 is 54.4 Å². The minimum atomic E-state index is 0.683. The zero-order chi connectivity index (χ0) is 35.6. The van der Waals surface area contributed by atoms with Crippen LogP contribution < -0.4 is 0 Å². The zero-order valence-corrected chi connectivity index (χ0v) is 29.3. The van der Waals surface area contributed by atoms with E-state index >= 15 is 0 Å². The van der Waals surface area contributed by atoms with Gasteiger partial charge in [0.05, 0.1) is 44.8 Å². The molecule has 11 aromatic rings. The standard InChI is InChI=1S/C50H32N4/c1-3-17-34(18-4-1)42-31-43(35-19-5-2-6-20-35)52-50(51-42)39-25-11-14-28-47(39)54-46-27-13-10-24-38(46)41-30-40-37-23-9-12-26-45(37)53(48(40)32-49(41)54)44-29-15-21-33-16-7-8-22-36(33)44/h1-32H. The van der Waals surface area contributed by atoms with Crippen molar-refractivity contribution in [3.63, 3.8) is 0 Å². The molecule has 3 heterocycles. The van der Waals surface area contributed by atoms with Crippen LogP contribution in [0.1, 0.15) is 0 Å². The number of fused-ring (bicyclic) bond motifs is 7. The number of aromatic nitrogens is 4. The van der Waals surface area contributed by atoms with Crippen molar-refractivity contribution in [3.8, 4) is 45.3 Å². The first-order valence-electron chi connectivity index (χ1n) is 18.3. The molecule has 8 aromatic carbocycles. The highest BCUT2D eigenvalue weighted by molar-refractivity contribution is 6.19. The van der Waals surface area contributed by atoms with E-state index in [2.05, 4.69) is 191 Å². The number of hydrogen-bond donors (Lipinski definition) is 0. The first-order chi connectivity index (χ1) is 26.8. The Labute approximate surface area is 311 Å². The first kappa shape index (κ1) is 30.3. The van der Waals surface area contributed by atoms with Gasteiger partial charge in [-0.1, -0.05) is 146 Å². The Morgan fingerprint density at radius 1 is 0.315 bits per heavy atom. The number of benzene rings is 8. The lowest BCUT2D eigenvalue weighted by molar-refractivity contribution is 1.14. The fraction of sp³-hybridized carbons (Fsp3) is 0. The number of hydrogen-bond acceptors (Lipinski definition) is 2. The molecule has 4 heteroatoms. The third-order valence-electron chi connectivity index (χ3n) is 10.7. The van der Waals surface area contributed by atoms with Gasteiger partial charge in [0.1, 0.15) is 0 Å². The van der Waals surface area contributed by atoms with E-state index in [1.165, 1.54) is 43.5 Å². The molecule has 0 aliphatic heterocycles. The molecule has 0 saturated heterocycles. The summed E-state index contributed by atoms with van der Waals surface area (Å²) in [6.07, 6.45) is 0. The monoisotopic (exact) mass is 688 g/mol. The van der Waals surface area contributed by atoms with Crippen molar-refractivity contribution in [3.05, 3.63) is 194 Å². The van der Waals surface area contributed by atoms with Gasteiger partial charge in [-0.05, 0) is 53.9 Å². The third-order valence-corrected chi connectivity index (χ3v) is 10.7. The van der Waals surface area contributed by atoms with Crippen LogP contribution in [0.3, 0.4) is 0 Å². The summed E-state index contributed by atoms with van der Waals surface area (Å²) in [5, 5.41) is 7.32. The molecule has 0 aliphatic rings. The van der Waals surface area contributed by atoms with Crippen LogP contribution in [-0.4, -0.2) is 19.1 Å². The van der Waals surface area contributed by atoms with Gasteiger partial charge in [-0.3, -0.25) is 0 Å². The van der Waals surface area contributed by atoms with Gasteiger partial charge >= 0.3 is 0 Å². The van der Waals surface area contributed by atoms with Gasteiger partial charge < -0.3 is 9.13 Å². The minimum absolute atomic E-state index is 0.683. The van der Waals surface area contributed by atoms with Crippen molar-refractivity contribution in [2.45, 2.75) is 0 Å². The van der Waals surface area contributed by atoms with Crippen LogP contribution in [0.15, 0.2) is 194 Å². The first-order valence-corrected chi connectivity index (χ1v) is 18.3. The second-order valence-corrected chi connectivity index (χ2v) is 13.8. The van der Waals surface area contributed by atoms with Crippen LogP contribution in [0.25, 0.3) is 99.7 Å². The Kier molecular flexibility index (Phi) is 6.82. The Morgan fingerprint density at radius 3 is 1.44 bits per heavy atom. The summed E-state index contributed by atoms with van der Waals surface area (Å²) in [4.78, 5) is 10.5. The topological polar surface area (TPSA) is 35.6 Å². The largest absolute Gasteiger partial charge is 0.309 e. The van der Waals surface area contributed by atoms with Crippen LogP contribution in [-0.2, 0) is 0 Å². The lowest BCUT2D eigenvalue weighted by Gasteiger charge is -2.15. The van der Waals surface area contributed by atoms with Crippen molar-refractivity contribution < 1.29 is 0 Å². The summed E-state index contributed by atoms with van der Waals surface area (Å²) in [6.45, 7) is 0. The van der Waals surface area contributed by atoms with Crippen molar-refractivity contribution in [1.82, 2.24) is 19.1 Å². The highest BCUT2D eigenvalue weighted by Crippen LogP contribution is 2.42. The molecule has 0 fully saturated rings. The van der Waals surface area contributed by atoms with E-state index in [-0.39, 0.29) is 0 Å². The minimum Gasteiger partial charge on any atom is -0.309 e. The summed E-state index contributed by atoms with van der Waals surface area (Å²) in [7, 11) is 0. The van der Waals surface area contributed by atoms with E-state index in [1.54, 1.807) is 0 Å². The van der Waals surface area contributed by atoms with E-state index in [1.807, 2.05) is 12.1 Å². The van der Waals surface area contributed by atoms with Gasteiger partial charge in [0.25, 0.3) is 0 Å². The molecule has 0 aliphatic carbocycles. The highest BCUT2D eigenvalue weighted by Gasteiger charge is 2.21. The fourth-order valence-corrected chi connectivity index (χ4v) is 8.29. The molecule has 54 heavy (non-hydrogen) atoms. The van der Waals surface area contributed by atoms with E-state index in [4.69, 9.17) is 9.97 Å². The summed E-state index contributed by atoms with van der Waals surface area (Å²) in [5.74, 6) is 0.683. The predicted octanol–water partition coefficient (Wildman–Crippen LogP) is 12.8. The van der Waals surface area contributed by atoms with Gasteiger partial charge in [0.15, 0.2) is 5.82 Å². The van der Waals surface area contributed by atoms with Crippen LogP contribution >= 0.6 is 0 Å². The maximum atomic E-state index is 5.26. The van der Waals surface area contributed by atoms with E-state index in [9.17, 15) is 0 Å². The van der Waals surface area contributed by atoms with Gasteiger partial charge in [0.2, 0.25) is 0 Å². The summed E-state index contributed by atoms with van der Waals surface area (Å²) >= 11 is 0. The molecule has 0 saturated carbocycles. The lowest BCUT2D eigenvalue weighted by atomic mass is 10.1. The molecule has 0 amide bonds. The average Bonchev–Trinajstić information content (AvgIpc) is 3.75. The van der Waals surface area contributed by atoms with Crippen LogP contribution in [0.5, 0.6) is 0 Å². The summed E-state index contributed by atoms with van der Waals surface area (Å²) in [5.41, 5.74) is 11.6. The molecule has 4 nitrogen and oxygen atoms in total. The zero-order valence-electron chi connectivity index (χ0n) is 29.3. The lowest BCUT2D eigenvalue weighted by Crippen LogP contribution is -2.01. The van der Waals surface area contributed by atoms with Crippen molar-refractivity contribution in [1.29, 1.82) is 0 Å². The van der Waals surface area contributed by atoms with E-state index in [0.29, 0.717) is 5.82 Å². The molecule has 0 N–H and O–H groups in total. The second kappa shape index (κ2) is 12.1. The third kappa shape index (κ3) is 4.70. The Bertz CT molecular complexity index is 3150. The van der Waals surface area contributed by atoms with Crippen molar-refractivity contribution in [2.75, 3.05) is 0 Å². The summed E-state index contributed by atoms with van der Waals surface area (Å²) < 4.78 is 4.85. The van der Waals surface area contributed by atoms with Gasteiger partial charge in [-0.25, -0.2) is 9.97 Å². The van der Waals surface area contributed by atoms with E-state index < -0.39 is 0 Å².